The molecule has 3 aromatic heterocycles. The SMILES string of the molecule is c1ccc2c(c1)Sc1cccc3c1N2c1ccc(-c2ccc4c(c2)c2ccccc2n4-c2nc(-c4cccc5c4oc4ccccc45)c4ccccc4n2)cc1S3. The molecule has 0 radical (unpaired) electrons. The molecule has 0 unspecified atom stereocenters. The number of fused-ring (bicyclic) bond motifs is 11. The van der Waals surface area contributed by atoms with Gasteiger partial charge in [-0.25, -0.2) is 9.97 Å². The number of para-hydroxylation sites is 6. The summed E-state index contributed by atoms with van der Waals surface area (Å²) in [5.74, 6) is 0.624. The third-order valence-corrected chi connectivity index (χ3v) is 13.6. The summed E-state index contributed by atoms with van der Waals surface area (Å²) < 4.78 is 8.74. The van der Waals surface area contributed by atoms with Crippen LogP contribution >= 0.6 is 23.5 Å². The van der Waals surface area contributed by atoms with Crippen LogP contribution in [0.3, 0.4) is 0 Å². The van der Waals surface area contributed by atoms with Crippen molar-refractivity contribution in [3.05, 3.63) is 170 Å². The Balaban J connectivity index is 0.980. The Labute approximate surface area is 335 Å². The van der Waals surface area contributed by atoms with Crippen LogP contribution in [0.25, 0.3) is 83.0 Å². The van der Waals surface area contributed by atoms with E-state index >= 15 is 0 Å². The van der Waals surface area contributed by atoms with Gasteiger partial charge in [-0.2, -0.15) is 0 Å². The van der Waals surface area contributed by atoms with Gasteiger partial charge < -0.3 is 9.32 Å². The average molecular weight is 765 g/mol. The van der Waals surface area contributed by atoms with Gasteiger partial charge in [0.25, 0.3) is 0 Å². The monoisotopic (exact) mass is 764 g/mol. The molecule has 0 spiro atoms. The zero-order valence-corrected chi connectivity index (χ0v) is 31.8. The van der Waals surface area contributed by atoms with Crippen LogP contribution in [0.4, 0.5) is 17.1 Å². The molecule has 2 aliphatic rings. The minimum Gasteiger partial charge on any atom is -0.455 e. The van der Waals surface area contributed by atoms with Crippen LogP contribution in [-0.2, 0) is 0 Å². The lowest BCUT2D eigenvalue weighted by Crippen LogP contribution is -2.18. The largest absolute Gasteiger partial charge is 0.455 e. The van der Waals surface area contributed by atoms with Crippen molar-refractivity contribution in [2.24, 2.45) is 0 Å². The van der Waals surface area contributed by atoms with E-state index in [1.54, 1.807) is 0 Å². The average Bonchev–Trinajstić information content (AvgIpc) is 3.81. The predicted molar refractivity (Wildman–Crippen MR) is 235 cm³/mol. The zero-order chi connectivity index (χ0) is 37.2. The Morgan fingerprint density at radius 1 is 0.456 bits per heavy atom. The molecule has 7 heteroatoms. The van der Waals surface area contributed by atoms with Gasteiger partial charge in [0, 0.05) is 52.1 Å². The number of nitrogens with zero attached hydrogens (tertiary/aromatic N) is 4. The molecule has 0 N–H and O–H groups in total. The molecule has 0 fully saturated rings. The van der Waals surface area contributed by atoms with Crippen molar-refractivity contribution in [3.63, 3.8) is 0 Å². The van der Waals surface area contributed by atoms with Gasteiger partial charge in [-0.05, 0) is 83.9 Å². The fourth-order valence-corrected chi connectivity index (χ4v) is 11.1. The van der Waals surface area contributed by atoms with Gasteiger partial charge in [0.05, 0.1) is 39.3 Å². The summed E-state index contributed by atoms with van der Waals surface area (Å²) in [7, 11) is 0. The van der Waals surface area contributed by atoms with E-state index in [9.17, 15) is 0 Å². The normalized spacial score (nSPS) is 13.1. The van der Waals surface area contributed by atoms with Crippen LogP contribution in [0.5, 0.6) is 0 Å². The molecule has 0 aliphatic carbocycles. The Morgan fingerprint density at radius 3 is 2.05 bits per heavy atom. The summed E-state index contributed by atoms with van der Waals surface area (Å²) in [5.41, 5.74) is 12.6. The Morgan fingerprint density at radius 2 is 1.12 bits per heavy atom. The lowest BCUT2D eigenvalue weighted by Gasteiger charge is -2.38. The van der Waals surface area contributed by atoms with Crippen LogP contribution in [0.15, 0.2) is 194 Å². The molecule has 8 aromatic carbocycles. The topological polar surface area (TPSA) is 47.1 Å². The van der Waals surface area contributed by atoms with Gasteiger partial charge >= 0.3 is 0 Å². The molecule has 0 atom stereocenters. The lowest BCUT2D eigenvalue weighted by atomic mass is 10.0. The third-order valence-electron chi connectivity index (χ3n) is 11.4. The maximum absolute atomic E-state index is 6.53. The van der Waals surface area contributed by atoms with E-state index in [-0.39, 0.29) is 0 Å². The molecule has 0 bridgehead atoms. The molecule has 2 aliphatic heterocycles. The van der Waals surface area contributed by atoms with Crippen molar-refractivity contribution in [2.75, 3.05) is 4.90 Å². The summed E-state index contributed by atoms with van der Waals surface area (Å²) in [5, 5.41) is 5.46. The summed E-state index contributed by atoms with van der Waals surface area (Å²) in [4.78, 5) is 18.2. The highest BCUT2D eigenvalue weighted by atomic mass is 32.2. The molecular weight excluding hydrogens is 737 g/mol. The minimum atomic E-state index is 0.624. The highest BCUT2D eigenvalue weighted by molar-refractivity contribution is 8.00. The van der Waals surface area contributed by atoms with E-state index in [0.29, 0.717) is 5.95 Å². The van der Waals surface area contributed by atoms with Crippen molar-refractivity contribution in [1.82, 2.24) is 14.5 Å². The molecule has 5 heterocycles. The second kappa shape index (κ2) is 11.9. The van der Waals surface area contributed by atoms with Gasteiger partial charge in [-0.1, -0.05) is 121 Å². The van der Waals surface area contributed by atoms with Crippen LogP contribution in [0.1, 0.15) is 0 Å². The van der Waals surface area contributed by atoms with E-state index < -0.39 is 0 Å². The molecule has 13 rings (SSSR count). The fourth-order valence-electron chi connectivity index (χ4n) is 8.85. The summed E-state index contributed by atoms with van der Waals surface area (Å²) in [6.45, 7) is 0. The van der Waals surface area contributed by atoms with Crippen LogP contribution < -0.4 is 4.90 Å². The van der Waals surface area contributed by atoms with E-state index in [1.165, 1.54) is 47.8 Å². The van der Waals surface area contributed by atoms with Gasteiger partial charge in [0.2, 0.25) is 5.95 Å². The summed E-state index contributed by atoms with van der Waals surface area (Å²) >= 11 is 3.72. The number of furan rings is 1. The van der Waals surface area contributed by atoms with Crippen molar-refractivity contribution < 1.29 is 4.42 Å². The number of rotatable bonds is 3. The highest BCUT2D eigenvalue weighted by Gasteiger charge is 2.32. The first-order chi connectivity index (χ1) is 28.2. The second-order valence-corrected chi connectivity index (χ2v) is 16.7. The number of hydrogen-bond donors (Lipinski definition) is 0. The second-order valence-electron chi connectivity index (χ2n) is 14.5. The van der Waals surface area contributed by atoms with Crippen molar-refractivity contribution in [3.8, 4) is 28.3 Å². The molecule has 11 aromatic rings. The highest BCUT2D eigenvalue weighted by Crippen LogP contribution is 2.60. The zero-order valence-electron chi connectivity index (χ0n) is 30.2. The first-order valence-electron chi connectivity index (χ1n) is 19.0. The van der Waals surface area contributed by atoms with Gasteiger partial charge in [-0.3, -0.25) is 4.57 Å². The molecule has 0 saturated heterocycles. The van der Waals surface area contributed by atoms with E-state index in [2.05, 4.69) is 161 Å². The third kappa shape index (κ3) is 4.55. The lowest BCUT2D eigenvalue weighted by molar-refractivity contribution is 0.670. The van der Waals surface area contributed by atoms with E-state index in [1.807, 2.05) is 41.7 Å². The Kier molecular flexibility index (Phi) is 6.53. The minimum absolute atomic E-state index is 0.624. The van der Waals surface area contributed by atoms with Crippen molar-refractivity contribution in [2.45, 2.75) is 19.6 Å². The maximum Gasteiger partial charge on any atom is 0.235 e. The molecular formula is C50H28N4OS2. The van der Waals surface area contributed by atoms with Gasteiger partial charge in [0.1, 0.15) is 11.2 Å². The number of benzene rings is 8. The standard InChI is InChI=1S/C50H28N4OS2/c1-4-16-37-34(13-1)47(35-15-9-14-33-32-12-3-7-19-42(32)55-49(33)35)52-50(51-37)54-38-17-5-2-11-31(38)36-27-29(23-25-39(36)54)30-24-26-41-46(28-30)57-45-22-10-21-44-48(45)53(41)40-18-6-8-20-43(40)56-44/h1-28H. The Bertz CT molecular complexity index is 3510. The van der Waals surface area contributed by atoms with Crippen LogP contribution in [0, 0.1) is 0 Å². The number of anilines is 3. The molecule has 5 nitrogen and oxygen atoms in total. The predicted octanol–water partition coefficient (Wildman–Crippen LogP) is 14.4. The number of aromatic nitrogens is 3. The smallest absolute Gasteiger partial charge is 0.235 e. The molecule has 266 valence electrons. The molecule has 0 amide bonds. The van der Waals surface area contributed by atoms with Crippen LogP contribution in [-0.4, -0.2) is 14.5 Å². The first kappa shape index (κ1) is 31.4. The Hall–Kier alpha value is -6.80. The van der Waals surface area contributed by atoms with E-state index in [0.717, 1.165) is 65.9 Å². The molecule has 0 saturated carbocycles. The molecule has 57 heavy (non-hydrogen) atoms. The van der Waals surface area contributed by atoms with Gasteiger partial charge in [-0.15, -0.1) is 0 Å². The first-order valence-corrected chi connectivity index (χ1v) is 20.6. The van der Waals surface area contributed by atoms with Crippen molar-refractivity contribution in [1.29, 1.82) is 0 Å². The summed E-state index contributed by atoms with van der Waals surface area (Å²) in [6.07, 6.45) is 0. The summed E-state index contributed by atoms with van der Waals surface area (Å²) in [6, 6.07) is 60.5. The van der Waals surface area contributed by atoms with Gasteiger partial charge in [0.15, 0.2) is 0 Å². The fraction of sp³-hybridized carbons (Fsp3) is 0. The van der Waals surface area contributed by atoms with E-state index in [4.69, 9.17) is 14.4 Å². The van der Waals surface area contributed by atoms with Crippen molar-refractivity contribution >= 4 is 95.2 Å². The number of hydrogen-bond acceptors (Lipinski definition) is 6. The quantitative estimate of drug-likeness (QED) is 0.179. The van der Waals surface area contributed by atoms with Crippen LogP contribution in [0.2, 0.25) is 0 Å². The maximum atomic E-state index is 6.53.